The lowest BCUT2D eigenvalue weighted by atomic mass is 10.2. The van der Waals surface area contributed by atoms with Crippen LogP contribution in [0.1, 0.15) is 5.56 Å². The number of hydrogen-bond donors (Lipinski definition) is 1. The SMILES string of the molecule is COc1ccc(NC(=O)CN(Cc2ccccc2)S(=O)(=O)c2ccc(Br)cc2)cc1OC. The predicted molar refractivity (Wildman–Crippen MR) is 126 cm³/mol. The quantitative estimate of drug-likeness (QED) is 0.456. The summed E-state index contributed by atoms with van der Waals surface area (Å²) in [5.41, 5.74) is 1.24. The van der Waals surface area contributed by atoms with Crippen molar-refractivity contribution in [1.29, 1.82) is 0 Å². The zero-order valence-corrected chi connectivity index (χ0v) is 20.0. The molecule has 1 N–H and O–H groups in total. The van der Waals surface area contributed by atoms with Crippen molar-refractivity contribution in [1.82, 2.24) is 4.31 Å². The molecular formula is C23H23BrN2O5S. The van der Waals surface area contributed by atoms with Crippen molar-refractivity contribution in [2.45, 2.75) is 11.4 Å². The van der Waals surface area contributed by atoms with E-state index in [1.807, 2.05) is 30.3 Å². The zero-order valence-electron chi connectivity index (χ0n) is 17.6. The Morgan fingerprint density at radius 3 is 2.22 bits per heavy atom. The number of methoxy groups -OCH3 is 2. The third-order valence-electron chi connectivity index (χ3n) is 4.64. The number of sulfonamides is 1. The number of benzene rings is 3. The molecule has 32 heavy (non-hydrogen) atoms. The Labute approximate surface area is 196 Å². The molecule has 0 unspecified atom stereocenters. The van der Waals surface area contributed by atoms with Crippen molar-refractivity contribution >= 4 is 37.5 Å². The highest BCUT2D eigenvalue weighted by Gasteiger charge is 2.27. The Balaban J connectivity index is 1.85. The molecule has 3 rings (SSSR count). The highest BCUT2D eigenvalue weighted by molar-refractivity contribution is 9.10. The molecule has 0 fully saturated rings. The molecule has 0 saturated carbocycles. The molecule has 3 aromatic carbocycles. The Hall–Kier alpha value is -2.88. The average molecular weight is 519 g/mol. The molecule has 0 aromatic heterocycles. The maximum Gasteiger partial charge on any atom is 0.243 e. The molecule has 0 aliphatic carbocycles. The fraction of sp³-hybridized carbons (Fsp3) is 0.174. The molecule has 9 heteroatoms. The van der Waals surface area contributed by atoms with E-state index in [1.54, 1.807) is 30.3 Å². The van der Waals surface area contributed by atoms with Gasteiger partial charge in [-0.2, -0.15) is 4.31 Å². The Kier molecular flexibility index (Phi) is 7.89. The fourth-order valence-corrected chi connectivity index (χ4v) is 4.69. The van der Waals surface area contributed by atoms with Crippen LogP contribution in [0.25, 0.3) is 0 Å². The molecule has 0 spiro atoms. The molecule has 0 bridgehead atoms. The van der Waals surface area contributed by atoms with Gasteiger partial charge in [-0.3, -0.25) is 4.79 Å². The third-order valence-corrected chi connectivity index (χ3v) is 6.98. The first-order valence-corrected chi connectivity index (χ1v) is 11.9. The summed E-state index contributed by atoms with van der Waals surface area (Å²) >= 11 is 3.31. The second-order valence-electron chi connectivity index (χ2n) is 6.83. The predicted octanol–water partition coefficient (Wildman–Crippen LogP) is 4.30. The van der Waals surface area contributed by atoms with Gasteiger partial charge >= 0.3 is 0 Å². The van der Waals surface area contributed by atoms with E-state index in [9.17, 15) is 13.2 Å². The summed E-state index contributed by atoms with van der Waals surface area (Å²) in [6.07, 6.45) is 0. The van der Waals surface area contributed by atoms with Crippen LogP contribution in [0.4, 0.5) is 5.69 Å². The van der Waals surface area contributed by atoms with E-state index in [-0.39, 0.29) is 18.0 Å². The van der Waals surface area contributed by atoms with Crippen molar-refractivity contribution in [2.75, 3.05) is 26.1 Å². The van der Waals surface area contributed by atoms with Crippen molar-refractivity contribution in [3.05, 3.63) is 82.8 Å². The van der Waals surface area contributed by atoms with Gasteiger partial charge in [0.05, 0.1) is 25.7 Å². The molecule has 0 atom stereocenters. The van der Waals surface area contributed by atoms with E-state index >= 15 is 0 Å². The molecule has 1 amide bonds. The van der Waals surface area contributed by atoms with Crippen LogP contribution in [0.3, 0.4) is 0 Å². The maximum absolute atomic E-state index is 13.3. The van der Waals surface area contributed by atoms with E-state index < -0.39 is 15.9 Å². The van der Waals surface area contributed by atoms with Crippen LogP contribution in [0, 0.1) is 0 Å². The lowest BCUT2D eigenvalue weighted by molar-refractivity contribution is -0.116. The van der Waals surface area contributed by atoms with Crippen molar-refractivity contribution < 1.29 is 22.7 Å². The summed E-state index contributed by atoms with van der Waals surface area (Å²) in [6, 6.07) is 20.4. The summed E-state index contributed by atoms with van der Waals surface area (Å²) in [5.74, 6) is 0.497. The minimum Gasteiger partial charge on any atom is -0.493 e. The van der Waals surface area contributed by atoms with Crippen LogP contribution in [0.5, 0.6) is 11.5 Å². The number of halogens is 1. The standard InChI is InChI=1S/C23H23BrN2O5S/c1-30-21-13-10-19(14-22(21)31-2)25-23(27)16-26(15-17-6-4-3-5-7-17)32(28,29)20-11-8-18(24)9-12-20/h3-14H,15-16H2,1-2H3,(H,25,27). The van der Waals surface area contributed by atoms with Gasteiger partial charge in [0.25, 0.3) is 0 Å². The number of hydrogen-bond acceptors (Lipinski definition) is 5. The van der Waals surface area contributed by atoms with Crippen molar-refractivity contribution in [3.8, 4) is 11.5 Å². The first kappa shape index (κ1) is 23.8. The van der Waals surface area contributed by atoms with E-state index in [2.05, 4.69) is 21.2 Å². The van der Waals surface area contributed by atoms with E-state index in [1.165, 1.54) is 26.4 Å². The number of anilines is 1. The van der Waals surface area contributed by atoms with Crippen LogP contribution < -0.4 is 14.8 Å². The summed E-state index contributed by atoms with van der Waals surface area (Å²) < 4.78 is 39.0. The highest BCUT2D eigenvalue weighted by Crippen LogP contribution is 2.30. The highest BCUT2D eigenvalue weighted by atomic mass is 79.9. The lowest BCUT2D eigenvalue weighted by Crippen LogP contribution is -2.37. The molecular weight excluding hydrogens is 496 g/mol. The number of amides is 1. The third kappa shape index (κ3) is 5.87. The van der Waals surface area contributed by atoms with Crippen LogP contribution in [-0.4, -0.2) is 39.4 Å². The minimum absolute atomic E-state index is 0.0542. The Morgan fingerprint density at radius 2 is 1.59 bits per heavy atom. The molecule has 168 valence electrons. The number of ether oxygens (including phenoxy) is 2. The number of rotatable bonds is 9. The number of nitrogens with one attached hydrogen (secondary N) is 1. The second-order valence-corrected chi connectivity index (χ2v) is 9.68. The second kappa shape index (κ2) is 10.6. The zero-order chi connectivity index (χ0) is 23.1. The van der Waals surface area contributed by atoms with Gasteiger partial charge in [0, 0.05) is 22.8 Å². The summed E-state index contributed by atoms with van der Waals surface area (Å²) in [7, 11) is -0.906. The van der Waals surface area contributed by atoms with E-state index in [0.717, 1.165) is 14.3 Å². The Morgan fingerprint density at radius 1 is 0.938 bits per heavy atom. The molecule has 0 saturated heterocycles. The van der Waals surface area contributed by atoms with Crippen molar-refractivity contribution in [2.24, 2.45) is 0 Å². The normalized spacial score (nSPS) is 11.2. The van der Waals surface area contributed by atoms with Gasteiger partial charge in [-0.1, -0.05) is 46.3 Å². The first-order chi connectivity index (χ1) is 15.3. The van der Waals surface area contributed by atoms with Gasteiger partial charge in [0.2, 0.25) is 15.9 Å². The van der Waals surface area contributed by atoms with Gasteiger partial charge in [0.1, 0.15) is 0 Å². The first-order valence-electron chi connectivity index (χ1n) is 9.65. The van der Waals surface area contributed by atoms with Gasteiger partial charge in [0.15, 0.2) is 11.5 Å². The smallest absolute Gasteiger partial charge is 0.243 e. The van der Waals surface area contributed by atoms with Gasteiger partial charge in [-0.15, -0.1) is 0 Å². The van der Waals surface area contributed by atoms with E-state index in [4.69, 9.17) is 9.47 Å². The summed E-state index contributed by atoms with van der Waals surface area (Å²) in [6.45, 7) is -0.305. The molecule has 0 heterocycles. The van der Waals surface area contributed by atoms with Crippen LogP contribution in [0.15, 0.2) is 82.2 Å². The summed E-state index contributed by atoms with van der Waals surface area (Å²) in [4.78, 5) is 12.9. The molecule has 0 radical (unpaired) electrons. The van der Waals surface area contributed by atoms with Gasteiger partial charge in [-0.05, 0) is 42.0 Å². The van der Waals surface area contributed by atoms with E-state index in [0.29, 0.717) is 17.2 Å². The fourth-order valence-electron chi connectivity index (χ4n) is 3.04. The van der Waals surface area contributed by atoms with Gasteiger partial charge in [-0.25, -0.2) is 8.42 Å². The monoisotopic (exact) mass is 518 g/mol. The topological polar surface area (TPSA) is 84.9 Å². The number of carbonyl (C=O) groups is 1. The van der Waals surface area contributed by atoms with Crippen molar-refractivity contribution in [3.63, 3.8) is 0 Å². The lowest BCUT2D eigenvalue weighted by Gasteiger charge is -2.22. The summed E-state index contributed by atoms with van der Waals surface area (Å²) in [5, 5.41) is 2.73. The number of nitrogens with zero attached hydrogens (tertiary/aromatic N) is 1. The largest absolute Gasteiger partial charge is 0.493 e. The number of carbonyl (C=O) groups excluding carboxylic acids is 1. The Bertz CT molecular complexity index is 1170. The molecule has 7 nitrogen and oxygen atoms in total. The molecule has 0 aliphatic heterocycles. The minimum atomic E-state index is -3.92. The van der Waals surface area contributed by atoms with Crippen LogP contribution >= 0.6 is 15.9 Å². The van der Waals surface area contributed by atoms with Crippen LogP contribution in [-0.2, 0) is 21.4 Å². The average Bonchev–Trinajstić information content (AvgIpc) is 2.79. The molecule has 3 aromatic rings. The van der Waals surface area contributed by atoms with Gasteiger partial charge < -0.3 is 14.8 Å². The molecule has 0 aliphatic rings. The maximum atomic E-state index is 13.3. The van der Waals surface area contributed by atoms with Crippen LogP contribution in [0.2, 0.25) is 0 Å².